The van der Waals surface area contributed by atoms with Crippen molar-refractivity contribution in [3.63, 3.8) is 0 Å². The molecular formula is C15H8BrF3N2O. The van der Waals surface area contributed by atoms with Gasteiger partial charge in [0.1, 0.15) is 0 Å². The van der Waals surface area contributed by atoms with Crippen molar-refractivity contribution < 1.29 is 17.7 Å². The van der Waals surface area contributed by atoms with Gasteiger partial charge < -0.3 is 4.52 Å². The number of alkyl halides is 3. The zero-order valence-electron chi connectivity index (χ0n) is 10.9. The molecule has 0 aliphatic heterocycles. The van der Waals surface area contributed by atoms with E-state index in [2.05, 4.69) is 26.1 Å². The van der Waals surface area contributed by atoms with E-state index in [1.54, 1.807) is 18.2 Å². The van der Waals surface area contributed by atoms with Gasteiger partial charge in [0.15, 0.2) is 0 Å². The quantitative estimate of drug-likeness (QED) is 0.625. The molecule has 3 aromatic rings. The van der Waals surface area contributed by atoms with Gasteiger partial charge in [0, 0.05) is 15.6 Å². The summed E-state index contributed by atoms with van der Waals surface area (Å²) in [6.07, 6.45) is -4.41. The molecule has 0 unspecified atom stereocenters. The average Bonchev–Trinajstić information content (AvgIpc) is 2.96. The first-order valence-corrected chi connectivity index (χ1v) is 7.00. The van der Waals surface area contributed by atoms with E-state index in [1.807, 2.05) is 6.07 Å². The number of rotatable bonds is 2. The molecule has 0 fully saturated rings. The van der Waals surface area contributed by atoms with Crippen molar-refractivity contribution in [3.05, 3.63) is 58.6 Å². The van der Waals surface area contributed by atoms with Gasteiger partial charge in [0.2, 0.25) is 5.82 Å². The van der Waals surface area contributed by atoms with Crippen LogP contribution in [0.15, 0.2) is 57.5 Å². The molecule has 2 aromatic carbocycles. The van der Waals surface area contributed by atoms with Crippen molar-refractivity contribution in [2.24, 2.45) is 0 Å². The van der Waals surface area contributed by atoms with E-state index in [4.69, 9.17) is 4.52 Å². The molecule has 0 amide bonds. The maximum Gasteiger partial charge on any atom is 0.416 e. The van der Waals surface area contributed by atoms with Gasteiger partial charge in [-0.3, -0.25) is 0 Å². The van der Waals surface area contributed by atoms with Gasteiger partial charge in [0.25, 0.3) is 5.89 Å². The van der Waals surface area contributed by atoms with Crippen molar-refractivity contribution in [1.29, 1.82) is 0 Å². The molecule has 0 spiro atoms. The van der Waals surface area contributed by atoms with Crippen LogP contribution in [0.25, 0.3) is 22.8 Å². The molecular weight excluding hydrogens is 361 g/mol. The topological polar surface area (TPSA) is 38.9 Å². The smallest absolute Gasteiger partial charge is 0.334 e. The van der Waals surface area contributed by atoms with Crippen LogP contribution in [0, 0.1) is 0 Å². The van der Waals surface area contributed by atoms with Crippen LogP contribution >= 0.6 is 15.9 Å². The summed E-state index contributed by atoms with van der Waals surface area (Å²) < 4.78 is 44.1. The standard InChI is InChI=1S/C15H8BrF3N2O/c16-12-6-2-4-10(8-12)14-20-13(21-22-14)9-3-1-5-11(7-9)15(17,18)19/h1-8H. The molecule has 7 heteroatoms. The Kier molecular flexibility index (Phi) is 3.74. The van der Waals surface area contributed by atoms with Gasteiger partial charge >= 0.3 is 6.18 Å². The van der Waals surface area contributed by atoms with Crippen molar-refractivity contribution in [1.82, 2.24) is 10.1 Å². The summed E-state index contributed by atoms with van der Waals surface area (Å²) in [5.74, 6) is 0.356. The van der Waals surface area contributed by atoms with E-state index in [1.165, 1.54) is 12.1 Å². The molecule has 0 saturated carbocycles. The largest absolute Gasteiger partial charge is 0.416 e. The molecule has 0 aliphatic rings. The summed E-state index contributed by atoms with van der Waals surface area (Å²) in [7, 11) is 0. The zero-order chi connectivity index (χ0) is 15.7. The van der Waals surface area contributed by atoms with Gasteiger partial charge in [-0.1, -0.05) is 39.3 Å². The number of aromatic nitrogens is 2. The Morgan fingerprint density at radius 1 is 0.955 bits per heavy atom. The third-order valence-corrected chi connectivity index (χ3v) is 3.44. The van der Waals surface area contributed by atoms with E-state index in [9.17, 15) is 13.2 Å². The lowest BCUT2D eigenvalue weighted by Gasteiger charge is -2.06. The number of nitrogens with zero attached hydrogens (tertiary/aromatic N) is 2. The monoisotopic (exact) mass is 368 g/mol. The van der Waals surface area contributed by atoms with E-state index in [-0.39, 0.29) is 17.3 Å². The van der Waals surface area contributed by atoms with E-state index in [0.29, 0.717) is 5.56 Å². The lowest BCUT2D eigenvalue weighted by molar-refractivity contribution is -0.137. The molecule has 0 radical (unpaired) electrons. The first-order chi connectivity index (χ1) is 10.4. The first-order valence-electron chi connectivity index (χ1n) is 6.21. The molecule has 0 saturated heterocycles. The van der Waals surface area contributed by atoms with Crippen molar-refractivity contribution in [2.75, 3.05) is 0 Å². The highest BCUT2D eigenvalue weighted by Gasteiger charge is 2.30. The molecule has 22 heavy (non-hydrogen) atoms. The molecule has 0 bridgehead atoms. The maximum atomic E-state index is 12.7. The second-order valence-electron chi connectivity index (χ2n) is 4.51. The minimum atomic E-state index is -4.41. The molecule has 1 heterocycles. The fraction of sp³-hybridized carbons (Fsp3) is 0.0667. The number of benzene rings is 2. The van der Waals surface area contributed by atoms with E-state index < -0.39 is 11.7 Å². The fourth-order valence-corrected chi connectivity index (χ4v) is 2.31. The van der Waals surface area contributed by atoms with Crippen molar-refractivity contribution >= 4 is 15.9 Å². The third-order valence-electron chi connectivity index (χ3n) is 2.95. The van der Waals surface area contributed by atoms with Gasteiger partial charge in [-0.05, 0) is 30.3 Å². The molecule has 0 aliphatic carbocycles. The number of halogens is 4. The van der Waals surface area contributed by atoms with Crippen LogP contribution < -0.4 is 0 Å². The number of hydrogen-bond donors (Lipinski definition) is 0. The Morgan fingerprint density at radius 3 is 2.41 bits per heavy atom. The Bertz CT molecular complexity index is 814. The summed E-state index contributed by atoms with van der Waals surface area (Å²) in [5.41, 5.74) is 0.179. The van der Waals surface area contributed by atoms with Crippen molar-refractivity contribution in [2.45, 2.75) is 6.18 Å². The van der Waals surface area contributed by atoms with Crippen LogP contribution in [0.2, 0.25) is 0 Å². The minimum Gasteiger partial charge on any atom is -0.334 e. The van der Waals surface area contributed by atoms with E-state index in [0.717, 1.165) is 16.6 Å². The second-order valence-corrected chi connectivity index (χ2v) is 5.43. The van der Waals surface area contributed by atoms with Crippen LogP contribution in [-0.2, 0) is 6.18 Å². The normalized spacial score (nSPS) is 11.6. The highest BCUT2D eigenvalue weighted by Crippen LogP contribution is 2.32. The minimum absolute atomic E-state index is 0.112. The SMILES string of the molecule is FC(F)(F)c1cccc(-c2noc(-c3cccc(Br)c3)n2)c1. The second kappa shape index (κ2) is 5.57. The van der Waals surface area contributed by atoms with Crippen LogP contribution in [0.5, 0.6) is 0 Å². The summed E-state index contributed by atoms with van der Waals surface area (Å²) in [6.45, 7) is 0. The van der Waals surface area contributed by atoms with Crippen LogP contribution in [0.1, 0.15) is 5.56 Å². The average molecular weight is 369 g/mol. The molecule has 1 aromatic heterocycles. The Balaban J connectivity index is 1.98. The van der Waals surface area contributed by atoms with Crippen LogP contribution in [-0.4, -0.2) is 10.1 Å². The number of hydrogen-bond acceptors (Lipinski definition) is 3. The van der Waals surface area contributed by atoms with E-state index >= 15 is 0 Å². The highest BCUT2D eigenvalue weighted by atomic mass is 79.9. The summed E-state index contributed by atoms with van der Waals surface area (Å²) in [4.78, 5) is 4.15. The van der Waals surface area contributed by atoms with Gasteiger partial charge in [-0.15, -0.1) is 0 Å². The molecule has 3 nitrogen and oxygen atoms in total. The zero-order valence-corrected chi connectivity index (χ0v) is 12.5. The Labute approximate surface area is 131 Å². The lowest BCUT2D eigenvalue weighted by atomic mass is 10.1. The summed E-state index contributed by atoms with van der Waals surface area (Å²) >= 11 is 3.33. The summed E-state index contributed by atoms with van der Waals surface area (Å²) in [6, 6.07) is 12.0. The van der Waals surface area contributed by atoms with Gasteiger partial charge in [0.05, 0.1) is 5.56 Å². The van der Waals surface area contributed by atoms with Crippen LogP contribution in [0.3, 0.4) is 0 Å². The lowest BCUT2D eigenvalue weighted by Crippen LogP contribution is -2.04. The molecule has 112 valence electrons. The van der Waals surface area contributed by atoms with Crippen molar-refractivity contribution in [3.8, 4) is 22.8 Å². The third kappa shape index (κ3) is 3.04. The van der Waals surface area contributed by atoms with Gasteiger partial charge in [-0.25, -0.2) is 0 Å². The predicted molar refractivity (Wildman–Crippen MR) is 77.9 cm³/mol. The highest BCUT2D eigenvalue weighted by molar-refractivity contribution is 9.10. The molecule has 3 rings (SSSR count). The maximum absolute atomic E-state index is 12.7. The molecule has 0 N–H and O–H groups in total. The Morgan fingerprint density at radius 2 is 1.68 bits per heavy atom. The fourth-order valence-electron chi connectivity index (χ4n) is 1.91. The first kappa shape index (κ1) is 14.8. The summed E-state index contributed by atoms with van der Waals surface area (Å²) in [5, 5.41) is 3.75. The molecule has 0 atom stereocenters. The predicted octanol–water partition coefficient (Wildman–Crippen LogP) is 5.18. The van der Waals surface area contributed by atoms with Gasteiger partial charge in [-0.2, -0.15) is 18.2 Å². The van der Waals surface area contributed by atoms with Crippen LogP contribution in [0.4, 0.5) is 13.2 Å². The Hall–Kier alpha value is -2.15.